The van der Waals surface area contributed by atoms with Crippen LogP contribution in [0.5, 0.6) is 0 Å². The van der Waals surface area contributed by atoms with Crippen molar-refractivity contribution in [1.82, 2.24) is 10.3 Å². The van der Waals surface area contributed by atoms with Gasteiger partial charge >= 0.3 is 5.97 Å². The minimum atomic E-state index is -0.741. The summed E-state index contributed by atoms with van der Waals surface area (Å²) >= 11 is 1.63. The molecule has 4 aliphatic rings. The summed E-state index contributed by atoms with van der Waals surface area (Å²) in [5, 5.41) is 13.5. The number of nitrogens with one attached hydrogen (secondary N) is 1. The van der Waals surface area contributed by atoms with Gasteiger partial charge in [-0.3, -0.25) is 9.59 Å². The Morgan fingerprint density at radius 3 is 2.72 bits per heavy atom. The monoisotopic (exact) mass is 457 g/mol. The highest BCUT2D eigenvalue weighted by Crippen LogP contribution is 2.53. The average Bonchev–Trinajstić information content (AvgIpc) is 3.36. The number of hydrogen-bond acceptors (Lipinski definition) is 5. The average molecular weight is 458 g/mol. The van der Waals surface area contributed by atoms with E-state index in [0.717, 1.165) is 47.2 Å². The quantitative estimate of drug-likeness (QED) is 0.589. The lowest BCUT2D eigenvalue weighted by Gasteiger charge is -2.33. The Balaban J connectivity index is 1.31. The molecule has 6 unspecified atom stereocenters. The molecule has 3 bridgehead atoms. The number of nitrogens with zero attached hydrogens (tertiary/aromatic N) is 2. The van der Waals surface area contributed by atoms with E-state index in [-0.39, 0.29) is 17.9 Å². The number of carbonyl (C=O) groups excluding carboxylic acids is 1. The normalized spacial score (nSPS) is 33.3. The summed E-state index contributed by atoms with van der Waals surface area (Å²) in [6.45, 7) is 3.31. The fourth-order valence-electron chi connectivity index (χ4n) is 6.74. The molecule has 5 rings (SSSR count). The van der Waals surface area contributed by atoms with Crippen molar-refractivity contribution < 1.29 is 14.7 Å². The summed E-state index contributed by atoms with van der Waals surface area (Å²) in [5.74, 6) is 3.92. The van der Waals surface area contributed by atoms with Crippen LogP contribution in [0.2, 0.25) is 0 Å². The molecule has 1 amide bonds. The summed E-state index contributed by atoms with van der Waals surface area (Å²) in [6, 6.07) is 4.09. The zero-order valence-corrected chi connectivity index (χ0v) is 19.8. The van der Waals surface area contributed by atoms with Crippen LogP contribution in [0.4, 0.5) is 5.82 Å². The van der Waals surface area contributed by atoms with Gasteiger partial charge in [-0.25, -0.2) is 4.98 Å². The zero-order chi connectivity index (χ0) is 22.2. The van der Waals surface area contributed by atoms with Crippen molar-refractivity contribution in [2.45, 2.75) is 69.4 Å². The Morgan fingerprint density at radius 2 is 1.94 bits per heavy atom. The van der Waals surface area contributed by atoms with Crippen molar-refractivity contribution in [1.29, 1.82) is 0 Å². The van der Waals surface area contributed by atoms with Gasteiger partial charge < -0.3 is 15.3 Å². The number of thioether (sulfide) groups is 1. The van der Waals surface area contributed by atoms with Gasteiger partial charge in [0.05, 0.1) is 11.5 Å². The molecular formula is C25H35N3O3S. The van der Waals surface area contributed by atoms with Crippen molar-refractivity contribution in [3.05, 3.63) is 17.7 Å². The van der Waals surface area contributed by atoms with E-state index < -0.39 is 5.97 Å². The molecule has 0 aromatic carbocycles. The Bertz CT molecular complexity index is 878. The van der Waals surface area contributed by atoms with Crippen LogP contribution in [0.15, 0.2) is 17.2 Å². The van der Waals surface area contributed by atoms with Gasteiger partial charge in [0, 0.05) is 19.1 Å². The number of fused-ring (bicyclic) bond motifs is 2. The lowest BCUT2D eigenvalue weighted by Crippen LogP contribution is -2.42. The predicted molar refractivity (Wildman–Crippen MR) is 126 cm³/mol. The molecule has 3 aliphatic carbocycles. The molecular weight excluding hydrogens is 422 g/mol. The van der Waals surface area contributed by atoms with Crippen LogP contribution in [0, 0.1) is 29.6 Å². The minimum absolute atomic E-state index is 0.00943. The first kappa shape index (κ1) is 22.1. The van der Waals surface area contributed by atoms with E-state index in [2.05, 4.69) is 12.2 Å². The van der Waals surface area contributed by atoms with Crippen LogP contribution in [0.25, 0.3) is 0 Å². The van der Waals surface area contributed by atoms with Gasteiger partial charge in [0.2, 0.25) is 0 Å². The van der Waals surface area contributed by atoms with Crippen molar-refractivity contribution in [2.75, 3.05) is 23.7 Å². The number of hydrogen-bond donors (Lipinski definition) is 2. The number of aromatic nitrogens is 1. The zero-order valence-electron chi connectivity index (χ0n) is 19.0. The molecule has 1 aromatic rings. The third kappa shape index (κ3) is 4.37. The second-order valence-electron chi connectivity index (χ2n) is 10.4. The second-order valence-corrected chi connectivity index (χ2v) is 11.5. The molecule has 1 saturated heterocycles. The molecule has 1 aliphatic heterocycles. The molecule has 2 heterocycles. The van der Waals surface area contributed by atoms with E-state index in [1.165, 1.54) is 32.1 Å². The molecule has 0 spiro atoms. The second kappa shape index (κ2) is 9.24. The number of amides is 1. The summed E-state index contributed by atoms with van der Waals surface area (Å²) < 4.78 is 0. The van der Waals surface area contributed by atoms with E-state index in [1.807, 2.05) is 17.0 Å². The number of carbonyl (C=O) groups is 2. The maximum atomic E-state index is 13.4. The number of anilines is 1. The molecule has 6 nitrogen and oxygen atoms in total. The van der Waals surface area contributed by atoms with Crippen molar-refractivity contribution in [2.24, 2.45) is 29.6 Å². The van der Waals surface area contributed by atoms with Crippen LogP contribution in [-0.4, -0.2) is 46.9 Å². The highest BCUT2D eigenvalue weighted by molar-refractivity contribution is 7.99. The summed E-state index contributed by atoms with van der Waals surface area (Å²) in [4.78, 5) is 31.6. The van der Waals surface area contributed by atoms with Crippen molar-refractivity contribution >= 4 is 29.5 Å². The fourth-order valence-corrected chi connectivity index (χ4v) is 7.61. The van der Waals surface area contributed by atoms with Crippen LogP contribution in [0.3, 0.4) is 0 Å². The highest BCUT2D eigenvalue weighted by Gasteiger charge is 2.45. The first-order valence-electron chi connectivity index (χ1n) is 12.4. The molecule has 7 heteroatoms. The van der Waals surface area contributed by atoms with Crippen LogP contribution < -0.4 is 10.2 Å². The minimum Gasteiger partial charge on any atom is -0.481 e. The van der Waals surface area contributed by atoms with Crippen molar-refractivity contribution in [3.8, 4) is 0 Å². The number of rotatable bonds is 7. The number of aliphatic carboxylic acids is 1. The Hall–Kier alpha value is -1.76. The molecule has 4 fully saturated rings. The van der Waals surface area contributed by atoms with E-state index in [9.17, 15) is 14.7 Å². The van der Waals surface area contributed by atoms with E-state index in [1.54, 1.807) is 11.8 Å². The number of carboxylic acid groups (broad SMARTS) is 1. The Labute approximate surface area is 194 Å². The maximum Gasteiger partial charge on any atom is 0.308 e. The lowest BCUT2D eigenvalue weighted by atomic mass is 9.77. The summed E-state index contributed by atoms with van der Waals surface area (Å²) in [6.07, 6.45) is 9.44. The van der Waals surface area contributed by atoms with Crippen LogP contribution in [0.1, 0.15) is 68.6 Å². The van der Waals surface area contributed by atoms with Gasteiger partial charge in [-0.15, -0.1) is 11.8 Å². The molecule has 2 N–H and O–H groups in total. The van der Waals surface area contributed by atoms with E-state index in [0.29, 0.717) is 31.0 Å². The van der Waals surface area contributed by atoms with Crippen molar-refractivity contribution in [3.63, 3.8) is 0 Å². The smallest absolute Gasteiger partial charge is 0.308 e. The predicted octanol–water partition coefficient (Wildman–Crippen LogP) is 4.44. The molecule has 32 heavy (non-hydrogen) atoms. The maximum absolute atomic E-state index is 13.4. The van der Waals surface area contributed by atoms with Crippen LogP contribution in [-0.2, 0) is 4.79 Å². The largest absolute Gasteiger partial charge is 0.481 e. The Morgan fingerprint density at radius 1 is 1.12 bits per heavy atom. The molecule has 0 radical (unpaired) electrons. The van der Waals surface area contributed by atoms with Gasteiger partial charge in [0.15, 0.2) is 0 Å². The van der Waals surface area contributed by atoms with Gasteiger partial charge in [-0.2, -0.15) is 0 Å². The topological polar surface area (TPSA) is 82.5 Å². The van der Waals surface area contributed by atoms with Crippen LogP contribution >= 0.6 is 11.8 Å². The summed E-state index contributed by atoms with van der Waals surface area (Å²) in [7, 11) is 0. The number of pyridine rings is 1. The Kier molecular flexibility index (Phi) is 6.37. The lowest BCUT2D eigenvalue weighted by molar-refractivity contribution is -0.140. The number of carboxylic acids is 1. The molecule has 174 valence electrons. The van der Waals surface area contributed by atoms with E-state index in [4.69, 9.17) is 4.98 Å². The standard InChI is InChI=1S/C25H35N3O3S/c1-2-9-32-24-20(4-6-22(27-24)28-8-7-17(14-28)25(30)31)23(29)26-21-5-3-16-10-15-11-18(16)13-19(21)12-15/h4,6,15-19,21H,2-3,5,7-14H2,1H3,(H,26,29)(H,30,31). The van der Waals surface area contributed by atoms with Gasteiger partial charge in [-0.1, -0.05) is 6.92 Å². The van der Waals surface area contributed by atoms with Gasteiger partial charge in [0.1, 0.15) is 10.8 Å². The first-order valence-corrected chi connectivity index (χ1v) is 13.4. The molecule has 1 aromatic heterocycles. The third-order valence-corrected chi connectivity index (χ3v) is 9.51. The summed E-state index contributed by atoms with van der Waals surface area (Å²) in [5.41, 5.74) is 0.669. The molecule has 3 saturated carbocycles. The SMILES string of the molecule is CCCSc1nc(N2CCC(C(=O)O)C2)ccc1C(=O)NC1CCC2CC3CC2CC1C3. The molecule has 6 atom stereocenters. The van der Waals surface area contributed by atoms with E-state index >= 15 is 0 Å². The third-order valence-electron chi connectivity index (χ3n) is 8.31. The van der Waals surface area contributed by atoms with Gasteiger partial charge in [-0.05, 0) is 92.9 Å². The first-order chi connectivity index (χ1) is 15.5. The van der Waals surface area contributed by atoms with Gasteiger partial charge in [0.25, 0.3) is 5.91 Å². The fraction of sp³-hybridized carbons (Fsp3) is 0.720. The highest BCUT2D eigenvalue weighted by atomic mass is 32.2.